The van der Waals surface area contributed by atoms with Crippen molar-refractivity contribution in [2.45, 2.75) is 46.5 Å². The Hall–Kier alpha value is -0.590. The van der Waals surface area contributed by atoms with Crippen molar-refractivity contribution in [1.82, 2.24) is 0 Å². The highest BCUT2D eigenvalue weighted by molar-refractivity contribution is 5.91. The standard InChI is InChI=1S/C13H20O/c1-9-4-5-10(2)13(3)7-6-11(14)8-12(9)13/h8-10H,4-7H2,1-3H3. The van der Waals surface area contributed by atoms with Crippen LogP contribution in [0.4, 0.5) is 0 Å². The van der Waals surface area contributed by atoms with Gasteiger partial charge in [-0.3, -0.25) is 4.79 Å². The van der Waals surface area contributed by atoms with E-state index in [0.29, 0.717) is 17.1 Å². The Morgan fingerprint density at radius 1 is 1.36 bits per heavy atom. The highest BCUT2D eigenvalue weighted by Gasteiger charge is 2.42. The molecule has 0 bridgehead atoms. The topological polar surface area (TPSA) is 17.1 Å². The van der Waals surface area contributed by atoms with Crippen LogP contribution in [0.2, 0.25) is 0 Å². The van der Waals surface area contributed by atoms with E-state index in [2.05, 4.69) is 20.8 Å². The van der Waals surface area contributed by atoms with E-state index in [1.165, 1.54) is 18.4 Å². The van der Waals surface area contributed by atoms with E-state index in [4.69, 9.17) is 0 Å². The van der Waals surface area contributed by atoms with Gasteiger partial charge >= 0.3 is 0 Å². The van der Waals surface area contributed by atoms with Gasteiger partial charge in [-0.15, -0.1) is 0 Å². The summed E-state index contributed by atoms with van der Waals surface area (Å²) < 4.78 is 0. The fourth-order valence-electron chi connectivity index (χ4n) is 3.15. The van der Waals surface area contributed by atoms with Crippen LogP contribution < -0.4 is 0 Å². The molecule has 0 aliphatic heterocycles. The molecule has 0 N–H and O–H groups in total. The van der Waals surface area contributed by atoms with Crippen molar-refractivity contribution in [2.24, 2.45) is 17.3 Å². The molecule has 78 valence electrons. The quantitative estimate of drug-likeness (QED) is 0.575. The van der Waals surface area contributed by atoms with Crippen molar-refractivity contribution in [3.63, 3.8) is 0 Å². The zero-order chi connectivity index (χ0) is 10.3. The Balaban J connectivity index is 2.40. The molecule has 1 heteroatoms. The smallest absolute Gasteiger partial charge is 0.155 e. The summed E-state index contributed by atoms with van der Waals surface area (Å²) in [6.07, 6.45) is 6.36. The van der Waals surface area contributed by atoms with Crippen molar-refractivity contribution in [2.75, 3.05) is 0 Å². The summed E-state index contributed by atoms with van der Waals surface area (Å²) in [5.74, 6) is 1.72. The Labute approximate surface area is 86.6 Å². The number of carbonyl (C=O) groups excluding carboxylic acids is 1. The molecule has 0 radical (unpaired) electrons. The van der Waals surface area contributed by atoms with Crippen LogP contribution in [0.5, 0.6) is 0 Å². The van der Waals surface area contributed by atoms with Crippen LogP contribution in [0, 0.1) is 17.3 Å². The van der Waals surface area contributed by atoms with E-state index in [0.717, 1.165) is 18.8 Å². The van der Waals surface area contributed by atoms with Gasteiger partial charge < -0.3 is 0 Å². The number of ketones is 1. The lowest BCUT2D eigenvalue weighted by Gasteiger charge is -2.47. The molecule has 1 nitrogen and oxygen atoms in total. The van der Waals surface area contributed by atoms with Crippen LogP contribution in [0.25, 0.3) is 0 Å². The number of hydrogen-bond acceptors (Lipinski definition) is 1. The fourth-order valence-corrected chi connectivity index (χ4v) is 3.15. The first kappa shape index (κ1) is 9.95. The summed E-state index contributed by atoms with van der Waals surface area (Å²) >= 11 is 0. The first-order valence-electron chi connectivity index (χ1n) is 5.79. The van der Waals surface area contributed by atoms with Gasteiger partial charge in [-0.05, 0) is 42.6 Å². The third-order valence-corrected chi connectivity index (χ3v) is 4.52. The first-order valence-corrected chi connectivity index (χ1v) is 5.79. The molecule has 3 unspecified atom stereocenters. The van der Waals surface area contributed by atoms with Gasteiger partial charge in [-0.25, -0.2) is 0 Å². The highest BCUT2D eigenvalue weighted by atomic mass is 16.1. The van der Waals surface area contributed by atoms with Crippen LogP contribution in [0.1, 0.15) is 46.5 Å². The molecule has 3 atom stereocenters. The number of allylic oxidation sites excluding steroid dienone is 2. The third kappa shape index (κ3) is 1.34. The molecule has 2 aliphatic carbocycles. The van der Waals surface area contributed by atoms with Crippen LogP contribution in [0.15, 0.2) is 11.6 Å². The molecule has 0 heterocycles. The lowest BCUT2D eigenvalue weighted by atomic mass is 9.58. The summed E-state index contributed by atoms with van der Waals surface area (Å²) in [5.41, 5.74) is 1.76. The number of rotatable bonds is 0. The van der Waals surface area contributed by atoms with E-state index < -0.39 is 0 Å². The number of hydrogen-bond donors (Lipinski definition) is 0. The molecule has 0 aromatic heterocycles. The maximum absolute atomic E-state index is 11.4. The second-order valence-corrected chi connectivity index (χ2v) is 5.36. The maximum Gasteiger partial charge on any atom is 0.155 e. The van der Waals surface area contributed by atoms with E-state index >= 15 is 0 Å². The van der Waals surface area contributed by atoms with Crippen LogP contribution in [0.3, 0.4) is 0 Å². The molecule has 0 aromatic rings. The monoisotopic (exact) mass is 192 g/mol. The van der Waals surface area contributed by atoms with Crippen molar-refractivity contribution in [1.29, 1.82) is 0 Å². The van der Waals surface area contributed by atoms with Crippen molar-refractivity contribution < 1.29 is 4.79 Å². The van der Waals surface area contributed by atoms with Gasteiger partial charge in [0, 0.05) is 6.42 Å². The van der Waals surface area contributed by atoms with Crippen molar-refractivity contribution >= 4 is 5.78 Å². The maximum atomic E-state index is 11.4. The summed E-state index contributed by atoms with van der Waals surface area (Å²) in [4.78, 5) is 11.4. The Morgan fingerprint density at radius 2 is 2.07 bits per heavy atom. The number of carbonyl (C=O) groups is 1. The minimum Gasteiger partial charge on any atom is -0.295 e. The van der Waals surface area contributed by atoms with E-state index in [9.17, 15) is 4.79 Å². The average molecular weight is 192 g/mol. The zero-order valence-electron chi connectivity index (χ0n) is 9.47. The molecule has 1 fully saturated rings. The van der Waals surface area contributed by atoms with Crippen molar-refractivity contribution in [3.8, 4) is 0 Å². The molecular formula is C13H20O. The highest BCUT2D eigenvalue weighted by Crippen LogP contribution is 2.52. The minimum absolute atomic E-state index is 0.325. The summed E-state index contributed by atoms with van der Waals surface area (Å²) in [5, 5.41) is 0. The largest absolute Gasteiger partial charge is 0.295 e. The van der Waals surface area contributed by atoms with Crippen molar-refractivity contribution in [3.05, 3.63) is 11.6 Å². The molecular weight excluding hydrogens is 172 g/mol. The lowest BCUT2D eigenvalue weighted by Crippen LogP contribution is -2.38. The average Bonchev–Trinajstić information content (AvgIpc) is 2.16. The van der Waals surface area contributed by atoms with Gasteiger partial charge in [0.1, 0.15) is 0 Å². The molecule has 0 aromatic carbocycles. The molecule has 0 saturated heterocycles. The normalized spacial score (nSPS) is 43.1. The fraction of sp³-hybridized carbons (Fsp3) is 0.769. The Bertz CT molecular complexity index is 290. The number of fused-ring (bicyclic) bond motifs is 1. The molecule has 0 spiro atoms. The van der Waals surface area contributed by atoms with Gasteiger partial charge in [-0.1, -0.05) is 26.3 Å². The first-order chi connectivity index (χ1) is 6.54. The summed E-state index contributed by atoms with van der Waals surface area (Å²) in [7, 11) is 0. The van der Waals surface area contributed by atoms with Gasteiger partial charge in [0.05, 0.1) is 0 Å². The van der Waals surface area contributed by atoms with Gasteiger partial charge in [0.25, 0.3) is 0 Å². The van der Waals surface area contributed by atoms with Gasteiger partial charge in [0.2, 0.25) is 0 Å². The van der Waals surface area contributed by atoms with Gasteiger partial charge in [0.15, 0.2) is 5.78 Å². The molecule has 1 saturated carbocycles. The predicted molar refractivity (Wildman–Crippen MR) is 58.0 cm³/mol. The van der Waals surface area contributed by atoms with Crippen LogP contribution >= 0.6 is 0 Å². The SMILES string of the molecule is CC1CCC(C)C2(C)CCC(=O)C=C12. The summed E-state index contributed by atoms with van der Waals surface area (Å²) in [6, 6.07) is 0. The Morgan fingerprint density at radius 3 is 2.79 bits per heavy atom. The Kier molecular flexibility index (Phi) is 2.29. The second kappa shape index (κ2) is 3.22. The van der Waals surface area contributed by atoms with Crippen LogP contribution in [-0.4, -0.2) is 5.78 Å². The van der Waals surface area contributed by atoms with E-state index in [1.807, 2.05) is 6.08 Å². The lowest BCUT2D eigenvalue weighted by molar-refractivity contribution is -0.116. The zero-order valence-corrected chi connectivity index (χ0v) is 9.47. The summed E-state index contributed by atoms with van der Waals surface area (Å²) in [6.45, 7) is 6.97. The van der Waals surface area contributed by atoms with Crippen LogP contribution in [-0.2, 0) is 4.79 Å². The molecule has 2 rings (SSSR count). The molecule has 2 aliphatic rings. The van der Waals surface area contributed by atoms with E-state index in [1.54, 1.807) is 0 Å². The predicted octanol–water partition coefficient (Wildman–Crippen LogP) is 3.35. The van der Waals surface area contributed by atoms with E-state index in [-0.39, 0.29) is 0 Å². The second-order valence-electron chi connectivity index (χ2n) is 5.36. The molecule has 14 heavy (non-hydrogen) atoms. The third-order valence-electron chi connectivity index (χ3n) is 4.52. The van der Waals surface area contributed by atoms with Gasteiger partial charge in [-0.2, -0.15) is 0 Å². The molecule has 0 amide bonds. The minimum atomic E-state index is 0.325.